The van der Waals surface area contributed by atoms with E-state index in [1.807, 2.05) is 6.20 Å². The summed E-state index contributed by atoms with van der Waals surface area (Å²) in [5, 5.41) is 3.45. The van der Waals surface area contributed by atoms with Crippen LogP contribution in [-0.4, -0.2) is 14.5 Å². The van der Waals surface area contributed by atoms with Gasteiger partial charge < -0.3 is 14.9 Å². The molecular formula is C12H18N4. The van der Waals surface area contributed by atoms with Gasteiger partial charge >= 0.3 is 0 Å². The van der Waals surface area contributed by atoms with Gasteiger partial charge in [-0.1, -0.05) is 0 Å². The molecule has 0 saturated heterocycles. The second kappa shape index (κ2) is 4.99. The molecule has 86 valence electrons. The Morgan fingerprint density at radius 2 is 2.44 bits per heavy atom. The van der Waals surface area contributed by atoms with E-state index in [9.17, 15) is 0 Å². The highest BCUT2D eigenvalue weighted by molar-refractivity contribution is 5.07. The van der Waals surface area contributed by atoms with Gasteiger partial charge in [0.1, 0.15) is 5.82 Å². The van der Waals surface area contributed by atoms with Crippen molar-refractivity contribution in [3.05, 3.63) is 42.2 Å². The summed E-state index contributed by atoms with van der Waals surface area (Å²) in [5.41, 5.74) is 1.31. The van der Waals surface area contributed by atoms with Gasteiger partial charge in [-0.3, -0.25) is 0 Å². The second-order valence-corrected chi connectivity index (χ2v) is 3.86. The van der Waals surface area contributed by atoms with Crippen LogP contribution in [0.5, 0.6) is 0 Å². The Bertz CT molecular complexity index is 416. The number of rotatable bonds is 5. The number of nitrogens with one attached hydrogen (secondary N) is 2. The van der Waals surface area contributed by atoms with E-state index >= 15 is 0 Å². The first kappa shape index (κ1) is 11.0. The molecule has 0 radical (unpaired) electrons. The maximum atomic E-state index is 4.23. The van der Waals surface area contributed by atoms with Gasteiger partial charge in [0.15, 0.2) is 0 Å². The van der Waals surface area contributed by atoms with Crippen LogP contribution in [0.4, 0.5) is 0 Å². The van der Waals surface area contributed by atoms with Crippen molar-refractivity contribution >= 4 is 0 Å². The van der Waals surface area contributed by atoms with Crippen LogP contribution < -0.4 is 5.32 Å². The van der Waals surface area contributed by atoms with Crippen molar-refractivity contribution in [2.45, 2.75) is 33.0 Å². The molecule has 2 N–H and O–H groups in total. The molecule has 0 aromatic carbocycles. The summed E-state index contributed by atoms with van der Waals surface area (Å²) in [6.07, 6.45) is 5.74. The van der Waals surface area contributed by atoms with Gasteiger partial charge in [-0.2, -0.15) is 0 Å². The lowest BCUT2D eigenvalue weighted by Crippen LogP contribution is -2.20. The van der Waals surface area contributed by atoms with Crippen molar-refractivity contribution in [3.8, 4) is 0 Å². The molecule has 16 heavy (non-hydrogen) atoms. The van der Waals surface area contributed by atoms with Gasteiger partial charge in [0.2, 0.25) is 0 Å². The van der Waals surface area contributed by atoms with Crippen molar-refractivity contribution in [1.82, 2.24) is 19.9 Å². The third-order valence-electron chi connectivity index (χ3n) is 2.78. The number of imidazole rings is 1. The van der Waals surface area contributed by atoms with Gasteiger partial charge in [0, 0.05) is 37.4 Å². The first-order chi connectivity index (χ1) is 7.81. The molecule has 1 unspecified atom stereocenters. The average molecular weight is 218 g/mol. The lowest BCUT2D eigenvalue weighted by atomic mass is 10.3. The first-order valence-electron chi connectivity index (χ1n) is 5.68. The third-order valence-corrected chi connectivity index (χ3v) is 2.78. The van der Waals surface area contributed by atoms with Crippen LogP contribution in [0.3, 0.4) is 0 Å². The van der Waals surface area contributed by atoms with Crippen molar-refractivity contribution < 1.29 is 0 Å². The summed E-state index contributed by atoms with van der Waals surface area (Å²) in [6.45, 7) is 6.14. The molecular weight excluding hydrogens is 200 g/mol. The Balaban J connectivity index is 1.92. The molecule has 2 rings (SSSR count). The smallest absolute Gasteiger partial charge is 0.122 e. The minimum Gasteiger partial charge on any atom is -0.351 e. The summed E-state index contributed by atoms with van der Waals surface area (Å²) >= 11 is 0. The van der Waals surface area contributed by atoms with Crippen molar-refractivity contribution in [3.63, 3.8) is 0 Å². The number of aromatic nitrogens is 3. The Kier molecular flexibility index (Phi) is 3.41. The highest BCUT2D eigenvalue weighted by atomic mass is 15.0. The van der Waals surface area contributed by atoms with E-state index in [1.165, 1.54) is 5.69 Å². The van der Waals surface area contributed by atoms with Gasteiger partial charge in [-0.15, -0.1) is 0 Å². The molecule has 0 amide bonds. The van der Waals surface area contributed by atoms with E-state index < -0.39 is 0 Å². The molecule has 2 heterocycles. The summed E-state index contributed by atoms with van der Waals surface area (Å²) in [5.74, 6) is 0.981. The van der Waals surface area contributed by atoms with Crippen LogP contribution in [-0.2, 0) is 13.1 Å². The molecule has 0 bridgehead atoms. The quantitative estimate of drug-likeness (QED) is 0.807. The fraction of sp³-hybridized carbons (Fsp3) is 0.417. The lowest BCUT2D eigenvalue weighted by molar-refractivity contribution is 0.531. The van der Waals surface area contributed by atoms with Crippen LogP contribution in [0.2, 0.25) is 0 Å². The summed E-state index contributed by atoms with van der Waals surface area (Å²) in [6, 6.07) is 4.47. The highest BCUT2D eigenvalue weighted by Crippen LogP contribution is 2.08. The average Bonchev–Trinajstić information content (AvgIpc) is 2.96. The Morgan fingerprint density at radius 1 is 1.56 bits per heavy atom. The molecule has 0 spiro atoms. The number of hydrogen-bond donors (Lipinski definition) is 2. The van der Waals surface area contributed by atoms with Crippen molar-refractivity contribution in [2.75, 3.05) is 0 Å². The maximum absolute atomic E-state index is 4.23. The predicted molar refractivity (Wildman–Crippen MR) is 63.9 cm³/mol. The Morgan fingerprint density at radius 3 is 3.12 bits per heavy atom. The van der Waals surface area contributed by atoms with Crippen molar-refractivity contribution in [1.29, 1.82) is 0 Å². The number of H-pyrrole nitrogens is 1. The second-order valence-electron chi connectivity index (χ2n) is 3.86. The molecule has 0 aliphatic rings. The minimum atomic E-state index is 0.246. The van der Waals surface area contributed by atoms with E-state index in [0.29, 0.717) is 0 Å². The molecule has 0 fully saturated rings. The van der Waals surface area contributed by atoms with Crippen LogP contribution in [0.25, 0.3) is 0 Å². The monoisotopic (exact) mass is 218 g/mol. The van der Waals surface area contributed by atoms with Crippen LogP contribution in [0.1, 0.15) is 31.4 Å². The Hall–Kier alpha value is -1.55. The van der Waals surface area contributed by atoms with E-state index in [0.717, 1.165) is 18.9 Å². The summed E-state index contributed by atoms with van der Waals surface area (Å²) in [4.78, 5) is 7.35. The molecule has 0 saturated carbocycles. The van der Waals surface area contributed by atoms with E-state index in [4.69, 9.17) is 0 Å². The van der Waals surface area contributed by atoms with Crippen LogP contribution >= 0.6 is 0 Å². The zero-order chi connectivity index (χ0) is 11.4. The summed E-state index contributed by atoms with van der Waals surface area (Å²) < 4.78 is 2.24. The van der Waals surface area contributed by atoms with E-state index in [2.05, 4.69) is 52.0 Å². The topological polar surface area (TPSA) is 45.6 Å². The van der Waals surface area contributed by atoms with Gasteiger partial charge in [-0.05, 0) is 26.0 Å². The lowest BCUT2D eigenvalue weighted by Gasteiger charge is -2.12. The fourth-order valence-corrected chi connectivity index (χ4v) is 1.79. The molecule has 4 nitrogen and oxygen atoms in total. The molecule has 2 aromatic heterocycles. The van der Waals surface area contributed by atoms with Crippen molar-refractivity contribution in [2.24, 2.45) is 0 Å². The zero-order valence-electron chi connectivity index (χ0n) is 9.77. The normalized spacial score (nSPS) is 12.9. The molecule has 1 atom stereocenters. The fourth-order valence-electron chi connectivity index (χ4n) is 1.79. The zero-order valence-corrected chi connectivity index (χ0v) is 9.77. The summed E-state index contributed by atoms with van der Waals surface area (Å²) in [7, 11) is 0. The number of hydrogen-bond acceptors (Lipinski definition) is 2. The first-order valence-corrected chi connectivity index (χ1v) is 5.68. The molecule has 4 heteroatoms. The Labute approximate surface area is 95.7 Å². The van der Waals surface area contributed by atoms with Gasteiger partial charge in [-0.25, -0.2) is 4.98 Å². The third kappa shape index (κ3) is 2.33. The number of nitrogens with zero attached hydrogens (tertiary/aromatic N) is 2. The van der Waals surface area contributed by atoms with E-state index in [1.54, 1.807) is 6.20 Å². The number of aryl methyl sites for hydroxylation is 1. The molecule has 0 aliphatic heterocycles. The van der Waals surface area contributed by atoms with Crippen LogP contribution in [0.15, 0.2) is 30.7 Å². The van der Waals surface area contributed by atoms with Gasteiger partial charge in [0.05, 0.1) is 6.04 Å². The standard InChI is InChI=1S/C12H18N4/c1-3-16-8-4-5-11(16)9-15-10(2)12-13-6-7-14-12/h4-8,10,15H,3,9H2,1-2H3,(H,13,14). The van der Waals surface area contributed by atoms with E-state index in [-0.39, 0.29) is 6.04 Å². The minimum absolute atomic E-state index is 0.246. The highest BCUT2D eigenvalue weighted by Gasteiger charge is 2.07. The largest absolute Gasteiger partial charge is 0.351 e. The predicted octanol–water partition coefficient (Wildman–Crippen LogP) is 2.08. The van der Waals surface area contributed by atoms with Gasteiger partial charge in [0.25, 0.3) is 0 Å². The number of aromatic amines is 1. The SMILES string of the molecule is CCn1cccc1CNC(C)c1ncc[nH]1. The maximum Gasteiger partial charge on any atom is 0.122 e. The molecule has 0 aliphatic carbocycles. The molecule has 2 aromatic rings. The van der Waals surface area contributed by atoms with Crippen LogP contribution in [0, 0.1) is 0 Å².